The Morgan fingerprint density at radius 1 is 1.67 bits per heavy atom. The molecule has 0 aliphatic rings. The van der Waals surface area contributed by atoms with Crippen LogP contribution in [0, 0.1) is 0 Å². The highest BCUT2D eigenvalue weighted by molar-refractivity contribution is 9.10. The van der Waals surface area contributed by atoms with Crippen molar-refractivity contribution >= 4 is 32.3 Å². The Morgan fingerprint density at radius 2 is 2.42 bits per heavy atom. The van der Waals surface area contributed by atoms with Gasteiger partial charge in [-0.3, -0.25) is 0 Å². The zero-order chi connectivity index (χ0) is 8.97. The highest BCUT2D eigenvalue weighted by atomic mass is 79.9. The van der Waals surface area contributed by atoms with Crippen molar-refractivity contribution in [2.45, 2.75) is 6.10 Å². The van der Waals surface area contributed by atoms with E-state index in [-0.39, 0.29) is 6.61 Å². The first-order valence-corrected chi connectivity index (χ1v) is 5.16. The molecule has 0 radical (unpaired) electrons. The third kappa shape index (κ3) is 3.10. The van der Waals surface area contributed by atoms with Gasteiger partial charge in [0.25, 0.3) is 0 Å². The van der Waals surface area contributed by atoms with Crippen LogP contribution in [0.25, 0.3) is 0 Å². The largest absolute Gasteiger partial charge is 0.394 e. The molecule has 0 fully saturated rings. The summed E-state index contributed by atoms with van der Waals surface area (Å²) in [6.45, 7) is 0.170. The van der Waals surface area contributed by atoms with Gasteiger partial charge in [0.1, 0.15) is 0 Å². The lowest BCUT2D eigenvalue weighted by atomic mass is 10.4. The predicted octanol–water partition coefficient (Wildman–Crippen LogP) is 1.28. The topological polar surface area (TPSA) is 52.5 Å². The lowest BCUT2D eigenvalue weighted by molar-refractivity contribution is 0.105. The van der Waals surface area contributed by atoms with Gasteiger partial charge in [0.05, 0.1) is 17.7 Å². The van der Waals surface area contributed by atoms with Crippen LogP contribution in [0.15, 0.2) is 15.9 Å². The first-order valence-electron chi connectivity index (χ1n) is 3.49. The summed E-state index contributed by atoms with van der Waals surface area (Å²) in [6.07, 6.45) is -0.689. The van der Waals surface area contributed by atoms with E-state index >= 15 is 0 Å². The van der Waals surface area contributed by atoms with Gasteiger partial charge in [0.15, 0.2) is 0 Å². The van der Waals surface area contributed by atoms with Crippen LogP contribution in [0.4, 0.5) is 5.00 Å². The molecule has 68 valence electrons. The first-order chi connectivity index (χ1) is 5.72. The fourth-order valence-electron chi connectivity index (χ4n) is 0.689. The average molecular weight is 252 g/mol. The molecule has 1 aromatic rings. The van der Waals surface area contributed by atoms with Crippen molar-refractivity contribution in [3.63, 3.8) is 0 Å². The minimum atomic E-state index is -0.689. The number of aliphatic hydroxyl groups is 2. The van der Waals surface area contributed by atoms with Crippen molar-refractivity contribution in [2.24, 2.45) is 0 Å². The molecule has 0 amide bonds. The summed E-state index contributed by atoms with van der Waals surface area (Å²) in [7, 11) is 0. The van der Waals surface area contributed by atoms with Crippen LogP contribution in [-0.2, 0) is 0 Å². The monoisotopic (exact) mass is 251 g/mol. The van der Waals surface area contributed by atoms with Crippen LogP contribution < -0.4 is 5.32 Å². The van der Waals surface area contributed by atoms with E-state index in [1.54, 1.807) is 11.3 Å². The maximum absolute atomic E-state index is 9.01. The number of halogens is 1. The Balaban J connectivity index is 2.33. The molecule has 12 heavy (non-hydrogen) atoms. The molecule has 5 heteroatoms. The van der Waals surface area contributed by atoms with Crippen molar-refractivity contribution in [1.29, 1.82) is 0 Å². The Hall–Kier alpha value is -0.100. The average Bonchev–Trinajstić information content (AvgIpc) is 2.47. The molecule has 0 aliphatic carbocycles. The molecular formula is C7H10BrNO2S. The van der Waals surface area contributed by atoms with E-state index in [4.69, 9.17) is 10.2 Å². The Labute approximate surface area is 83.2 Å². The number of anilines is 1. The van der Waals surface area contributed by atoms with E-state index in [0.717, 1.165) is 9.47 Å². The first kappa shape index (κ1) is 9.98. The number of hydrogen-bond acceptors (Lipinski definition) is 4. The molecule has 1 rings (SSSR count). The predicted molar refractivity (Wildman–Crippen MR) is 53.6 cm³/mol. The van der Waals surface area contributed by atoms with Gasteiger partial charge in [-0.1, -0.05) is 0 Å². The van der Waals surface area contributed by atoms with Crippen molar-refractivity contribution in [3.05, 3.63) is 15.9 Å². The van der Waals surface area contributed by atoms with Gasteiger partial charge >= 0.3 is 0 Å². The van der Waals surface area contributed by atoms with Gasteiger partial charge in [-0.2, -0.15) is 0 Å². The van der Waals surface area contributed by atoms with Gasteiger partial charge in [-0.25, -0.2) is 0 Å². The Bertz CT molecular complexity index is 241. The molecule has 0 saturated heterocycles. The van der Waals surface area contributed by atoms with Gasteiger partial charge in [0, 0.05) is 16.4 Å². The summed E-state index contributed by atoms with van der Waals surface area (Å²) >= 11 is 4.87. The zero-order valence-corrected chi connectivity index (χ0v) is 8.73. The highest BCUT2D eigenvalue weighted by Gasteiger charge is 2.02. The molecule has 3 nitrogen and oxygen atoms in total. The SMILES string of the molecule is OCC(O)CNc1cc(Br)cs1. The Morgan fingerprint density at radius 3 is 2.92 bits per heavy atom. The minimum Gasteiger partial charge on any atom is -0.394 e. The van der Waals surface area contributed by atoms with Crippen LogP contribution >= 0.6 is 27.3 Å². The van der Waals surface area contributed by atoms with E-state index in [1.165, 1.54) is 0 Å². The van der Waals surface area contributed by atoms with E-state index in [0.29, 0.717) is 6.54 Å². The van der Waals surface area contributed by atoms with Crippen molar-refractivity contribution < 1.29 is 10.2 Å². The molecule has 1 unspecified atom stereocenters. The lowest BCUT2D eigenvalue weighted by Crippen LogP contribution is -2.22. The van der Waals surface area contributed by atoms with Crippen LogP contribution in [-0.4, -0.2) is 29.5 Å². The maximum Gasteiger partial charge on any atom is 0.0942 e. The van der Waals surface area contributed by atoms with Crippen LogP contribution in [0.3, 0.4) is 0 Å². The smallest absolute Gasteiger partial charge is 0.0942 e. The third-order valence-electron chi connectivity index (χ3n) is 1.29. The summed E-state index contributed by atoms with van der Waals surface area (Å²) in [6, 6.07) is 1.93. The van der Waals surface area contributed by atoms with E-state index in [1.807, 2.05) is 11.4 Å². The standard InChI is InChI=1S/C7H10BrNO2S/c8-5-1-7(12-4-5)9-2-6(11)3-10/h1,4,6,9-11H,2-3H2. The van der Waals surface area contributed by atoms with Gasteiger partial charge in [-0.15, -0.1) is 11.3 Å². The van der Waals surface area contributed by atoms with Crippen molar-refractivity contribution in [2.75, 3.05) is 18.5 Å². The Kier molecular flexibility index (Phi) is 4.00. The molecule has 0 saturated carbocycles. The second-order valence-electron chi connectivity index (χ2n) is 2.35. The van der Waals surface area contributed by atoms with Crippen LogP contribution in [0.1, 0.15) is 0 Å². The van der Waals surface area contributed by atoms with E-state index < -0.39 is 6.10 Å². The number of aliphatic hydroxyl groups excluding tert-OH is 2. The number of hydrogen-bond donors (Lipinski definition) is 3. The van der Waals surface area contributed by atoms with Gasteiger partial charge < -0.3 is 15.5 Å². The van der Waals surface area contributed by atoms with E-state index in [9.17, 15) is 0 Å². The molecule has 0 bridgehead atoms. The summed E-state index contributed by atoms with van der Waals surface area (Å²) in [5.74, 6) is 0. The molecule has 3 N–H and O–H groups in total. The zero-order valence-electron chi connectivity index (χ0n) is 6.33. The fraction of sp³-hybridized carbons (Fsp3) is 0.429. The molecule has 0 aromatic carbocycles. The maximum atomic E-state index is 9.01. The van der Waals surface area contributed by atoms with Crippen molar-refractivity contribution in [1.82, 2.24) is 0 Å². The molecule has 0 spiro atoms. The quantitative estimate of drug-likeness (QED) is 0.756. The van der Waals surface area contributed by atoms with Gasteiger partial charge in [-0.05, 0) is 22.0 Å². The molecule has 1 heterocycles. The number of nitrogens with one attached hydrogen (secondary N) is 1. The highest BCUT2D eigenvalue weighted by Crippen LogP contribution is 2.24. The lowest BCUT2D eigenvalue weighted by Gasteiger charge is -2.07. The number of rotatable bonds is 4. The molecular weight excluding hydrogens is 242 g/mol. The second-order valence-corrected chi connectivity index (χ2v) is 4.17. The normalized spacial score (nSPS) is 12.9. The second kappa shape index (κ2) is 4.81. The van der Waals surface area contributed by atoms with E-state index in [2.05, 4.69) is 21.2 Å². The third-order valence-corrected chi connectivity index (χ3v) is 2.94. The van der Waals surface area contributed by atoms with Crippen LogP contribution in [0.2, 0.25) is 0 Å². The summed E-state index contributed by atoms with van der Waals surface area (Å²) in [4.78, 5) is 0. The summed E-state index contributed by atoms with van der Waals surface area (Å²) in [5.41, 5.74) is 0. The molecule has 1 atom stereocenters. The fourth-order valence-corrected chi connectivity index (χ4v) is 2.02. The molecule has 0 aliphatic heterocycles. The molecule has 1 aromatic heterocycles. The summed E-state index contributed by atoms with van der Waals surface area (Å²) in [5, 5.41) is 23.5. The van der Waals surface area contributed by atoms with Crippen molar-refractivity contribution in [3.8, 4) is 0 Å². The van der Waals surface area contributed by atoms with Crippen LogP contribution in [0.5, 0.6) is 0 Å². The number of thiophene rings is 1. The minimum absolute atomic E-state index is 0.209. The summed E-state index contributed by atoms with van der Waals surface area (Å²) < 4.78 is 1.02. The van der Waals surface area contributed by atoms with Gasteiger partial charge in [0.2, 0.25) is 0 Å².